The van der Waals surface area contributed by atoms with Gasteiger partial charge in [0.25, 0.3) is 0 Å². The smallest absolute Gasteiger partial charge is 0.139 e. The van der Waals surface area contributed by atoms with Crippen molar-refractivity contribution in [2.75, 3.05) is 0 Å². The third kappa shape index (κ3) is 3.15. The quantitative estimate of drug-likeness (QED) is 0.723. The van der Waals surface area contributed by atoms with Gasteiger partial charge in [-0.3, -0.25) is 4.57 Å². The summed E-state index contributed by atoms with van der Waals surface area (Å²) in [5, 5.41) is 0. The molecule has 0 N–H and O–H groups in total. The second-order valence-corrected chi connectivity index (χ2v) is 5.49. The van der Waals surface area contributed by atoms with Crippen molar-refractivity contribution in [3.63, 3.8) is 0 Å². The minimum absolute atomic E-state index is 0.917. The Morgan fingerprint density at radius 3 is 2.76 bits per heavy atom. The van der Waals surface area contributed by atoms with Crippen LogP contribution in [0, 0.1) is 6.92 Å². The Labute approximate surface area is 127 Å². The molecule has 0 spiro atoms. The van der Waals surface area contributed by atoms with Gasteiger partial charge in [0.1, 0.15) is 5.82 Å². The lowest BCUT2D eigenvalue weighted by Crippen LogP contribution is -1.97. The van der Waals surface area contributed by atoms with Crippen LogP contribution < -0.4 is 0 Å². The Balaban J connectivity index is 2.56. The van der Waals surface area contributed by atoms with Gasteiger partial charge in [0, 0.05) is 11.8 Å². The monoisotopic (exact) mass is 280 g/mol. The van der Waals surface area contributed by atoms with E-state index in [1.54, 1.807) is 0 Å². The first-order valence-electron chi connectivity index (χ1n) is 7.54. The number of aryl methyl sites for hydroxylation is 2. The predicted molar refractivity (Wildman–Crippen MR) is 92.1 cm³/mol. The fourth-order valence-electron chi connectivity index (χ4n) is 2.56. The molecule has 0 unspecified atom stereocenters. The average molecular weight is 280 g/mol. The summed E-state index contributed by atoms with van der Waals surface area (Å²) >= 11 is 0. The number of aromatic nitrogens is 2. The van der Waals surface area contributed by atoms with Gasteiger partial charge in [-0.05, 0) is 50.0 Å². The summed E-state index contributed by atoms with van der Waals surface area (Å²) in [7, 11) is 0. The molecule has 0 atom stereocenters. The minimum Gasteiger partial charge on any atom is -0.300 e. The molecule has 0 aliphatic heterocycles. The van der Waals surface area contributed by atoms with E-state index in [1.165, 1.54) is 16.7 Å². The average Bonchev–Trinajstić information content (AvgIpc) is 2.86. The first-order valence-corrected chi connectivity index (χ1v) is 7.54. The fraction of sp³-hybridized carbons (Fsp3) is 0.316. The van der Waals surface area contributed by atoms with Crippen LogP contribution >= 0.6 is 0 Å². The maximum atomic E-state index is 4.52. The Morgan fingerprint density at radius 2 is 2.14 bits per heavy atom. The summed E-state index contributed by atoms with van der Waals surface area (Å²) in [6, 6.07) is 6.67. The van der Waals surface area contributed by atoms with Crippen molar-refractivity contribution < 1.29 is 0 Å². The Hall–Kier alpha value is -2.09. The molecule has 110 valence electrons. The summed E-state index contributed by atoms with van der Waals surface area (Å²) in [5.74, 6) is 0.917. The summed E-state index contributed by atoms with van der Waals surface area (Å²) < 4.78 is 2.11. The molecule has 1 aromatic heterocycles. The molecule has 0 aliphatic rings. The van der Waals surface area contributed by atoms with E-state index in [2.05, 4.69) is 48.2 Å². The molecule has 0 saturated carbocycles. The van der Waals surface area contributed by atoms with Crippen molar-refractivity contribution >= 4 is 11.8 Å². The number of rotatable bonds is 5. The molecule has 0 radical (unpaired) electrons. The normalized spacial score (nSPS) is 11.2. The van der Waals surface area contributed by atoms with Gasteiger partial charge in [-0.1, -0.05) is 38.1 Å². The van der Waals surface area contributed by atoms with Crippen LogP contribution in [0.3, 0.4) is 0 Å². The van der Waals surface area contributed by atoms with E-state index in [0.717, 1.165) is 29.9 Å². The van der Waals surface area contributed by atoms with E-state index in [4.69, 9.17) is 0 Å². The van der Waals surface area contributed by atoms with Crippen molar-refractivity contribution in [3.8, 4) is 11.3 Å². The molecule has 0 bridgehead atoms. The topological polar surface area (TPSA) is 17.8 Å². The van der Waals surface area contributed by atoms with E-state index in [0.29, 0.717) is 0 Å². The van der Waals surface area contributed by atoms with Crippen LogP contribution in [0.5, 0.6) is 0 Å². The molecular formula is C19H24N2. The van der Waals surface area contributed by atoms with E-state index in [-0.39, 0.29) is 0 Å². The molecule has 2 rings (SSSR count). The van der Waals surface area contributed by atoms with Crippen LogP contribution in [0.2, 0.25) is 0 Å². The molecule has 0 aliphatic carbocycles. The molecule has 0 saturated heterocycles. The molecule has 2 aromatic rings. The highest BCUT2D eigenvalue weighted by atomic mass is 15.1. The third-order valence-electron chi connectivity index (χ3n) is 3.64. The maximum absolute atomic E-state index is 4.52. The SMILES string of the molecule is C=C(C)c1ncc(-c2ccc(C)c(CCC)c2)n1/C=C\C. The van der Waals surface area contributed by atoms with Crippen molar-refractivity contribution in [2.45, 2.75) is 40.5 Å². The molecule has 2 heteroatoms. The number of imidazole rings is 1. The van der Waals surface area contributed by atoms with E-state index >= 15 is 0 Å². The Bertz CT molecular complexity index is 675. The van der Waals surface area contributed by atoms with Gasteiger partial charge < -0.3 is 0 Å². The Kier molecular flexibility index (Phi) is 4.79. The van der Waals surface area contributed by atoms with E-state index in [1.807, 2.05) is 32.3 Å². The van der Waals surface area contributed by atoms with Gasteiger partial charge in [-0.15, -0.1) is 0 Å². The summed E-state index contributed by atoms with van der Waals surface area (Å²) in [4.78, 5) is 4.52. The second-order valence-electron chi connectivity index (χ2n) is 5.49. The zero-order chi connectivity index (χ0) is 15.4. The van der Waals surface area contributed by atoms with Crippen molar-refractivity contribution in [2.24, 2.45) is 0 Å². The van der Waals surface area contributed by atoms with Crippen LogP contribution in [0.1, 0.15) is 44.1 Å². The van der Waals surface area contributed by atoms with Crippen LogP contribution in [0.4, 0.5) is 0 Å². The highest BCUT2D eigenvalue weighted by Crippen LogP contribution is 2.26. The summed E-state index contributed by atoms with van der Waals surface area (Å²) in [5.41, 5.74) is 6.07. The van der Waals surface area contributed by atoms with Crippen molar-refractivity contribution in [1.29, 1.82) is 0 Å². The van der Waals surface area contributed by atoms with E-state index in [9.17, 15) is 0 Å². The third-order valence-corrected chi connectivity index (χ3v) is 3.64. The largest absolute Gasteiger partial charge is 0.300 e. The van der Waals surface area contributed by atoms with Crippen LogP contribution in [-0.4, -0.2) is 9.55 Å². The standard InChI is InChI=1S/C19H24N2/c1-6-8-16-12-17(10-9-15(16)5)18-13-20-19(14(3)4)21(18)11-7-2/h7,9-13H,3,6,8H2,1-2,4-5H3/b11-7-. The van der Waals surface area contributed by atoms with Crippen LogP contribution in [0.15, 0.2) is 37.1 Å². The highest BCUT2D eigenvalue weighted by molar-refractivity contribution is 5.68. The first kappa shape index (κ1) is 15.3. The zero-order valence-corrected chi connectivity index (χ0v) is 13.5. The van der Waals surface area contributed by atoms with Gasteiger partial charge in [0.05, 0.1) is 11.9 Å². The summed E-state index contributed by atoms with van der Waals surface area (Å²) in [6.07, 6.45) is 8.29. The maximum Gasteiger partial charge on any atom is 0.139 e. The van der Waals surface area contributed by atoms with Crippen LogP contribution in [-0.2, 0) is 6.42 Å². The number of benzene rings is 1. The number of hydrogen-bond acceptors (Lipinski definition) is 1. The molecule has 1 aromatic carbocycles. The van der Waals surface area contributed by atoms with Crippen molar-refractivity contribution in [1.82, 2.24) is 9.55 Å². The first-order chi connectivity index (χ1) is 10.1. The lowest BCUT2D eigenvalue weighted by atomic mass is 10.00. The lowest BCUT2D eigenvalue weighted by Gasteiger charge is -2.10. The van der Waals surface area contributed by atoms with Crippen LogP contribution in [0.25, 0.3) is 23.0 Å². The van der Waals surface area contributed by atoms with Gasteiger partial charge in [0.15, 0.2) is 0 Å². The van der Waals surface area contributed by atoms with Gasteiger partial charge in [-0.25, -0.2) is 4.98 Å². The molecule has 0 amide bonds. The zero-order valence-electron chi connectivity index (χ0n) is 13.5. The number of nitrogens with zero attached hydrogens (tertiary/aromatic N) is 2. The van der Waals surface area contributed by atoms with Gasteiger partial charge in [-0.2, -0.15) is 0 Å². The summed E-state index contributed by atoms with van der Waals surface area (Å²) in [6.45, 7) is 12.4. The predicted octanol–water partition coefficient (Wildman–Crippen LogP) is 5.33. The van der Waals surface area contributed by atoms with Gasteiger partial charge in [0.2, 0.25) is 0 Å². The number of allylic oxidation sites excluding steroid dienone is 2. The fourth-order valence-corrected chi connectivity index (χ4v) is 2.56. The van der Waals surface area contributed by atoms with Gasteiger partial charge >= 0.3 is 0 Å². The highest BCUT2D eigenvalue weighted by Gasteiger charge is 2.11. The molecule has 1 heterocycles. The number of hydrogen-bond donors (Lipinski definition) is 0. The lowest BCUT2D eigenvalue weighted by molar-refractivity contribution is 0.913. The second kappa shape index (κ2) is 6.57. The van der Waals surface area contributed by atoms with Crippen molar-refractivity contribution in [3.05, 3.63) is 54.0 Å². The molecule has 2 nitrogen and oxygen atoms in total. The minimum atomic E-state index is 0.917. The van der Waals surface area contributed by atoms with E-state index < -0.39 is 0 Å². The molecule has 0 fully saturated rings. The Morgan fingerprint density at radius 1 is 1.38 bits per heavy atom. The molecule has 21 heavy (non-hydrogen) atoms. The molecular weight excluding hydrogens is 256 g/mol.